The van der Waals surface area contributed by atoms with E-state index in [1.54, 1.807) is 0 Å². The van der Waals surface area contributed by atoms with Crippen molar-refractivity contribution in [2.24, 2.45) is 5.18 Å². The molecule has 22 heavy (non-hydrogen) atoms. The van der Waals surface area contributed by atoms with Crippen molar-refractivity contribution in [3.05, 3.63) is 4.91 Å². The van der Waals surface area contributed by atoms with Crippen molar-refractivity contribution in [1.29, 1.82) is 0 Å². The summed E-state index contributed by atoms with van der Waals surface area (Å²) in [6.45, 7) is 3.14. The van der Waals surface area contributed by atoms with E-state index < -0.39 is 47.8 Å². The Morgan fingerprint density at radius 3 is 2.05 bits per heavy atom. The van der Waals surface area contributed by atoms with E-state index in [4.69, 9.17) is 30.5 Å². The van der Waals surface area contributed by atoms with Crippen LogP contribution in [0.15, 0.2) is 5.18 Å². The zero-order chi connectivity index (χ0) is 16.9. The summed E-state index contributed by atoms with van der Waals surface area (Å²) in [6, 6.07) is -1.27. The molecular formula is C12H16ClNO8. The first kappa shape index (κ1) is 18.3. The number of rotatable bonds is 5. The first-order valence-corrected chi connectivity index (χ1v) is 6.79. The Kier molecular flexibility index (Phi) is 6.69. The van der Waals surface area contributed by atoms with Gasteiger partial charge in [-0.3, -0.25) is 14.4 Å². The fraction of sp³-hybridized carbons (Fsp3) is 0.750. The second-order valence-corrected chi connectivity index (χ2v) is 5.00. The molecule has 0 saturated carbocycles. The third kappa shape index (κ3) is 4.92. The van der Waals surface area contributed by atoms with E-state index in [-0.39, 0.29) is 6.61 Å². The summed E-state index contributed by atoms with van der Waals surface area (Å²) in [6.07, 6.45) is -3.42. The lowest BCUT2D eigenvalue weighted by Crippen LogP contribution is -2.59. The lowest BCUT2D eigenvalue weighted by molar-refractivity contribution is -0.209. The second kappa shape index (κ2) is 8.04. The number of halogens is 1. The van der Waals surface area contributed by atoms with Gasteiger partial charge in [0.25, 0.3) is 0 Å². The molecule has 0 unspecified atom stereocenters. The molecule has 0 spiro atoms. The van der Waals surface area contributed by atoms with Gasteiger partial charge in [0, 0.05) is 20.8 Å². The summed E-state index contributed by atoms with van der Waals surface area (Å²) in [5.74, 6) is -2.00. The Hall–Kier alpha value is -1.74. The van der Waals surface area contributed by atoms with Crippen LogP contribution in [-0.2, 0) is 33.3 Å². The first-order chi connectivity index (χ1) is 10.3. The number of alkyl halides is 1. The van der Waals surface area contributed by atoms with Gasteiger partial charge in [-0.2, -0.15) is 4.91 Å². The van der Waals surface area contributed by atoms with E-state index in [0.29, 0.717) is 0 Å². The highest BCUT2D eigenvalue weighted by Gasteiger charge is 2.50. The summed E-state index contributed by atoms with van der Waals surface area (Å²) >= 11 is 5.88. The number of nitrogens with zero attached hydrogens (tertiary/aromatic N) is 1. The number of carbonyl (C=O) groups is 3. The normalized spacial score (nSPS) is 31.0. The highest BCUT2D eigenvalue weighted by Crippen LogP contribution is 2.30. The number of hydrogen-bond donors (Lipinski definition) is 0. The molecule has 0 radical (unpaired) electrons. The van der Waals surface area contributed by atoms with E-state index in [1.807, 2.05) is 0 Å². The predicted octanol–water partition coefficient (Wildman–Crippen LogP) is 0.512. The van der Waals surface area contributed by atoms with Crippen molar-refractivity contribution in [3.63, 3.8) is 0 Å². The molecule has 0 N–H and O–H groups in total. The molecule has 0 bridgehead atoms. The van der Waals surface area contributed by atoms with E-state index in [1.165, 1.54) is 6.92 Å². The Labute approximate surface area is 131 Å². The summed E-state index contributed by atoms with van der Waals surface area (Å²) in [4.78, 5) is 44.3. The fourth-order valence-corrected chi connectivity index (χ4v) is 2.31. The Morgan fingerprint density at radius 1 is 1.05 bits per heavy atom. The number of carbonyl (C=O) groups excluding carboxylic acids is 3. The van der Waals surface area contributed by atoms with Crippen LogP contribution < -0.4 is 0 Å². The molecule has 1 rings (SSSR count). The number of nitroso groups, excluding NO2 is 1. The largest absolute Gasteiger partial charge is 0.463 e. The lowest BCUT2D eigenvalue weighted by Gasteiger charge is -2.40. The van der Waals surface area contributed by atoms with E-state index >= 15 is 0 Å². The first-order valence-electron chi connectivity index (χ1n) is 6.36. The number of hydrogen-bond acceptors (Lipinski definition) is 9. The molecule has 1 aliphatic rings. The van der Waals surface area contributed by atoms with Crippen LogP contribution in [0, 0.1) is 4.91 Å². The van der Waals surface area contributed by atoms with E-state index in [0.717, 1.165) is 13.8 Å². The van der Waals surface area contributed by atoms with Crippen LogP contribution in [0.5, 0.6) is 0 Å². The standard InChI is InChI=1S/C12H16ClNO8/c1-5(15)19-4-8-10(20-6(2)16)11(21-7(3)17)9(14-18)12(13)22-8/h8-12H,4H2,1-3H3/t8-,9-,10-,11-,12+/m1/s1. The van der Waals surface area contributed by atoms with Crippen LogP contribution in [-0.4, -0.2) is 54.4 Å². The quantitative estimate of drug-likeness (QED) is 0.308. The van der Waals surface area contributed by atoms with Crippen molar-refractivity contribution < 1.29 is 33.3 Å². The minimum Gasteiger partial charge on any atom is -0.463 e. The van der Waals surface area contributed by atoms with Gasteiger partial charge < -0.3 is 18.9 Å². The Bertz CT molecular complexity index is 456. The zero-order valence-corrected chi connectivity index (χ0v) is 12.9. The van der Waals surface area contributed by atoms with Crippen LogP contribution in [0.3, 0.4) is 0 Å². The van der Waals surface area contributed by atoms with Gasteiger partial charge in [-0.25, -0.2) is 0 Å². The maximum Gasteiger partial charge on any atom is 0.303 e. The third-order valence-electron chi connectivity index (χ3n) is 2.78. The highest BCUT2D eigenvalue weighted by atomic mass is 35.5. The van der Waals surface area contributed by atoms with Gasteiger partial charge in [0.2, 0.25) is 0 Å². The Balaban J connectivity index is 3.04. The van der Waals surface area contributed by atoms with Gasteiger partial charge in [-0.1, -0.05) is 16.8 Å². The number of ether oxygens (including phenoxy) is 4. The molecule has 0 amide bonds. The molecule has 0 aromatic rings. The Morgan fingerprint density at radius 2 is 1.59 bits per heavy atom. The molecule has 5 atom stereocenters. The topological polar surface area (TPSA) is 118 Å². The highest BCUT2D eigenvalue weighted by molar-refractivity contribution is 6.20. The molecular weight excluding hydrogens is 322 g/mol. The predicted molar refractivity (Wildman–Crippen MR) is 71.8 cm³/mol. The zero-order valence-electron chi connectivity index (χ0n) is 12.2. The fourth-order valence-electron chi connectivity index (χ4n) is 1.98. The second-order valence-electron chi connectivity index (χ2n) is 4.57. The van der Waals surface area contributed by atoms with Gasteiger partial charge in [0.1, 0.15) is 12.7 Å². The average Bonchev–Trinajstić information content (AvgIpc) is 2.39. The van der Waals surface area contributed by atoms with Gasteiger partial charge in [-0.05, 0) is 0 Å². The summed E-state index contributed by atoms with van der Waals surface area (Å²) in [5.41, 5.74) is -1.23. The maximum absolute atomic E-state index is 11.2. The molecule has 124 valence electrons. The SMILES string of the molecule is CC(=O)OC[C@H]1O[C@H](Cl)[C@H](N=O)[C@@H](OC(C)=O)[C@@H]1OC(C)=O. The van der Waals surface area contributed by atoms with Gasteiger partial charge in [-0.15, -0.1) is 0 Å². The van der Waals surface area contributed by atoms with Crippen LogP contribution in [0.25, 0.3) is 0 Å². The molecule has 1 fully saturated rings. The number of esters is 3. The van der Waals surface area contributed by atoms with Gasteiger partial charge in [0.15, 0.2) is 23.8 Å². The molecule has 0 aromatic heterocycles. The van der Waals surface area contributed by atoms with E-state index in [9.17, 15) is 19.3 Å². The average molecular weight is 338 g/mol. The lowest BCUT2D eigenvalue weighted by atomic mass is 9.98. The summed E-state index contributed by atoms with van der Waals surface area (Å²) < 4.78 is 20.1. The van der Waals surface area contributed by atoms with Crippen molar-refractivity contribution >= 4 is 29.5 Å². The summed E-state index contributed by atoms with van der Waals surface area (Å²) in [7, 11) is 0. The monoisotopic (exact) mass is 337 g/mol. The molecule has 1 saturated heterocycles. The molecule has 9 nitrogen and oxygen atoms in total. The molecule has 1 aliphatic heterocycles. The van der Waals surface area contributed by atoms with Crippen molar-refractivity contribution in [3.8, 4) is 0 Å². The summed E-state index contributed by atoms with van der Waals surface area (Å²) in [5, 5.41) is 2.77. The minimum absolute atomic E-state index is 0.292. The third-order valence-corrected chi connectivity index (χ3v) is 3.14. The van der Waals surface area contributed by atoms with Gasteiger partial charge >= 0.3 is 17.9 Å². The maximum atomic E-state index is 11.2. The van der Waals surface area contributed by atoms with Gasteiger partial charge in [0.05, 0.1) is 0 Å². The van der Waals surface area contributed by atoms with Crippen LogP contribution in [0.4, 0.5) is 0 Å². The van der Waals surface area contributed by atoms with Crippen LogP contribution in [0.2, 0.25) is 0 Å². The minimum atomic E-state index is -1.27. The van der Waals surface area contributed by atoms with Crippen molar-refractivity contribution in [2.75, 3.05) is 6.61 Å². The molecule has 10 heteroatoms. The van der Waals surface area contributed by atoms with Crippen LogP contribution in [0.1, 0.15) is 20.8 Å². The van der Waals surface area contributed by atoms with Crippen LogP contribution >= 0.6 is 11.6 Å². The molecule has 1 heterocycles. The van der Waals surface area contributed by atoms with E-state index in [2.05, 4.69) is 5.18 Å². The van der Waals surface area contributed by atoms with Crippen molar-refractivity contribution in [2.45, 2.75) is 50.7 Å². The smallest absolute Gasteiger partial charge is 0.303 e. The van der Waals surface area contributed by atoms with Crippen molar-refractivity contribution in [1.82, 2.24) is 0 Å². The molecule has 0 aromatic carbocycles. The molecule has 0 aliphatic carbocycles.